The minimum Gasteiger partial charge on any atom is -0.309 e. The van der Waals surface area contributed by atoms with E-state index in [1.54, 1.807) is 9.12 Å². The Bertz CT molecular complexity index is 329. The van der Waals surface area contributed by atoms with Gasteiger partial charge >= 0.3 is 7.60 Å². The minimum atomic E-state index is -2.97. The lowest BCUT2D eigenvalue weighted by atomic mass is 10.2. The van der Waals surface area contributed by atoms with Crippen LogP contribution in [0.5, 0.6) is 0 Å². The van der Waals surface area contributed by atoms with Gasteiger partial charge in [0.1, 0.15) is 0 Å². The average Bonchev–Trinajstić information content (AvgIpc) is 2.46. The molecular formula is C13H28IN2O3PS. The first-order valence-electron chi connectivity index (χ1n) is 7.74. The summed E-state index contributed by atoms with van der Waals surface area (Å²) in [7, 11) is -1.24. The van der Waals surface area contributed by atoms with Crippen LogP contribution in [0, 0.1) is 0 Å². The highest BCUT2D eigenvalue weighted by atomic mass is 127. The summed E-state index contributed by atoms with van der Waals surface area (Å²) < 4.78 is 26.1. The zero-order valence-electron chi connectivity index (χ0n) is 13.3. The summed E-state index contributed by atoms with van der Waals surface area (Å²) in [6.07, 6.45) is 2.86. The van der Waals surface area contributed by atoms with Gasteiger partial charge in [0.25, 0.3) is 0 Å². The summed E-state index contributed by atoms with van der Waals surface area (Å²) in [6, 6.07) is 0.247. The quantitative estimate of drug-likeness (QED) is 0.285. The van der Waals surface area contributed by atoms with Crippen molar-refractivity contribution in [1.82, 2.24) is 9.21 Å². The molecule has 0 bridgehead atoms. The number of hydrogen-bond donors (Lipinski definition) is 0. The Kier molecular flexibility index (Phi) is 10.4. The standard InChI is InChI=1S/C13H28IN2O3PS/c1-4-7-8-15-9-10-16(21-14)11-13(15)12-20(17,18-5-2)19-6-3/h13H,4-12H2,1-3H3. The van der Waals surface area contributed by atoms with Crippen molar-refractivity contribution in [3.05, 3.63) is 0 Å². The van der Waals surface area contributed by atoms with E-state index in [-0.39, 0.29) is 6.04 Å². The Morgan fingerprint density at radius 3 is 2.43 bits per heavy atom. The fourth-order valence-corrected chi connectivity index (χ4v) is 5.94. The van der Waals surface area contributed by atoms with E-state index in [0.717, 1.165) is 26.2 Å². The summed E-state index contributed by atoms with van der Waals surface area (Å²) >= 11 is 2.32. The van der Waals surface area contributed by atoms with Gasteiger partial charge in [-0.25, -0.2) is 4.31 Å². The summed E-state index contributed by atoms with van der Waals surface area (Å²) in [5, 5.41) is 0. The fraction of sp³-hybridized carbons (Fsp3) is 1.00. The summed E-state index contributed by atoms with van der Waals surface area (Å²) in [5.41, 5.74) is 0. The van der Waals surface area contributed by atoms with Crippen molar-refractivity contribution in [2.45, 2.75) is 39.7 Å². The fourth-order valence-electron chi connectivity index (χ4n) is 2.55. The minimum absolute atomic E-state index is 0.247. The molecule has 0 amide bonds. The monoisotopic (exact) mass is 450 g/mol. The van der Waals surface area contributed by atoms with Gasteiger partial charge in [-0.15, -0.1) is 0 Å². The molecule has 0 aromatic carbocycles. The van der Waals surface area contributed by atoms with Crippen LogP contribution in [-0.2, 0) is 13.6 Å². The van der Waals surface area contributed by atoms with Gasteiger partial charge in [0.05, 0.1) is 19.4 Å². The highest BCUT2D eigenvalue weighted by Crippen LogP contribution is 2.49. The van der Waals surface area contributed by atoms with Crippen molar-refractivity contribution < 1.29 is 13.6 Å². The third-order valence-corrected chi connectivity index (χ3v) is 7.92. The van der Waals surface area contributed by atoms with E-state index in [1.165, 1.54) is 12.8 Å². The Morgan fingerprint density at radius 2 is 1.90 bits per heavy atom. The molecule has 0 aromatic heterocycles. The molecule has 21 heavy (non-hydrogen) atoms. The van der Waals surface area contributed by atoms with Gasteiger partial charge in [-0.2, -0.15) is 0 Å². The highest BCUT2D eigenvalue weighted by molar-refractivity contribution is 14.2. The molecule has 0 saturated carbocycles. The van der Waals surface area contributed by atoms with Crippen molar-refractivity contribution in [2.75, 3.05) is 45.6 Å². The number of rotatable bonds is 10. The third kappa shape index (κ3) is 7.06. The van der Waals surface area contributed by atoms with Crippen LogP contribution in [-0.4, -0.2) is 60.8 Å². The molecule has 8 heteroatoms. The van der Waals surface area contributed by atoms with E-state index in [4.69, 9.17) is 9.05 Å². The molecule has 1 aliphatic rings. The molecule has 1 unspecified atom stereocenters. The van der Waals surface area contributed by atoms with E-state index in [2.05, 4.69) is 37.3 Å². The van der Waals surface area contributed by atoms with Gasteiger partial charge < -0.3 is 9.05 Å². The third-order valence-electron chi connectivity index (χ3n) is 3.55. The largest absolute Gasteiger partial charge is 0.332 e. The highest BCUT2D eigenvalue weighted by Gasteiger charge is 2.35. The molecule has 1 fully saturated rings. The molecule has 0 aliphatic carbocycles. The van der Waals surface area contributed by atoms with Gasteiger partial charge in [-0.3, -0.25) is 9.46 Å². The Labute approximate surface area is 145 Å². The summed E-state index contributed by atoms with van der Waals surface area (Å²) in [4.78, 5) is 2.46. The van der Waals surface area contributed by atoms with E-state index in [1.807, 2.05) is 13.8 Å². The van der Waals surface area contributed by atoms with Crippen molar-refractivity contribution in [3.8, 4) is 0 Å². The maximum absolute atomic E-state index is 12.8. The van der Waals surface area contributed by atoms with Crippen molar-refractivity contribution >= 4 is 37.9 Å². The molecule has 0 spiro atoms. The molecule has 1 rings (SSSR count). The molecule has 1 saturated heterocycles. The molecule has 1 atom stereocenters. The van der Waals surface area contributed by atoms with Crippen molar-refractivity contribution in [3.63, 3.8) is 0 Å². The maximum Gasteiger partial charge on any atom is 0.332 e. The van der Waals surface area contributed by atoms with E-state index < -0.39 is 7.60 Å². The molecule has 1 heterocycles. The predicted octanol–water partition coefficient (Wildman–Crippen LogP) is 4.04. The van der Waals surface area contributed by atoms with Gasteiger partial charge in [-0.05, 0) is 35.9 Å². The molecule has 5 nitrogen and oxygen atoms in total. The lowest BCUT2D eigenvalue weighted by molar-refractivity contribution is 0.126. The van der Waals surface area contributed by atoms with Crippen LogP contribution in [0.3, 0.4) is 0 Å². The van der Waals surface area contributed by atoms with Crippen LogP contribution in [0.2, 0.25) is 0 Å². The first kappa shape index (κ1) is 20.2. The number of piperazine rings is 1. The molecule has 1 aliphatic heterocycles. The summed E-state index contributed by atoms with van der Waals surface area (Å²) in [5.74, 6) is 0. The normalized spacial score (nSPS) is 21.8. The Morgan fingerprint density at radius 1 is 1.24 bits per heavy atom. The Hall–Kier alpha value is 1.15. The first-order chi connectivity index (χ1) is 10.1. The zero-order valence-corrected chi connectivity index (χ0v) is 17.2. The number of halogens is 1. The van der Waals surface area contributed by atoms with Crippen LogP contribution in [0.15, 0.2) is 0 Å². The number of hydrogen-bond acceptors (Lipinski definition) is 6. The molecule has 126 valence electrons. The molecule has 0 radical (unpaired) electrons. The van der Waals surface area contributed by atoms with Gasteiger partial charge in [0.2, 0.25) is 0 Å². The lowest BCUT2D eigenvalue weighted by Gasteiger charge is -2.41. The maximum atomic E-state index is 12.8. The SMILES string of the molecule is CCCCN1CCN(SI)CC1CP(=O)(OCC)OCC. The molecule has 0 aromatic rings. The number of nitrogens with zero attached hydrogens (tertiary/aromatic N) is 2. The topological polar surface area (TPSA) is 42.0 Å². The van der Waals surface area contributed by atoms with Crippen LogP contribution in [0.1, 0.15) is 33.6 Å². The van der Waals surface area contributed by atoms with Crippen LogP contribution >= 0.6 is 37.9 Å². The first-order valence-corrected chi connectivity index (χ1v) is 12.8. The van der Waals surface area contributed by atoms with Crippen molar-refractivity contribution in [1.29, 1.82) is 0 Å². The van der Waals surface area contributed by atoms with Gasteiger partial charge in [0, 0.05) is 46.9 Å². The lowest BCUT2D eigenvalue weighted by Crippen LogP contribution is -2.52. The van der Waals surface area contributed by atoms with Crippen molar-refractivity contribution in [2.24, 2.45) is 0 Å². The van der Waals surface area contributed by atoms with E-state index >= 15 is 0 Å². The molecule has 0 N–H and O–H groups in total. The smallest absolute Gasteiger partial charge is 0.309 e. The average molecular weight is 450 g/mol. The second-order valence-electron chi connectivity index (χ2n) is 5.13. The van der Waals surface area contributed by atoms with E-state index in [9.17, 15) is 4.57 Å². The zero-order chi connectivity index (χ0) is 15.7. The van der Waals surface area contributed by atoms with Crippen LogP contribution in [0.4, 0.5) is 0 Å². The van der Waals surface area contributed by atoms with Gasteiger partial charge in [0.15, 0.2) is 0 Å². The summed E-state index contributed by atoms with van der Waals surface area (Å²) in [6.45, 7) is 10.9. The predicted molar refractivity (Wildman–Crippen MR) is 99.2 cm³/mol. The van der Waals surface area contributed by atoms with Crippen LogP contribution < -0.4 is 0 Å². The Balaban J connectivity index is 2.72. The number of unbranched alkanes of at least 4 members (excludes halogenated alkanes) is 1. The van der Waals surface area contributed by atoms with E-state index in [0.29, 0.717) is 19.4 Å². The van der Waals surface area contributed by atoms with Gasteiger partial charge in [-0.1, -0.05) is 13.3 Å². The second-order valence-corrected chi connectivity index (χ2v) is 9.07. The molecular weight excluding hydrogens is 422 g/mol. The van der Waals surface area contributed by atoms with Crippen LogP contribution in [0.25, 0.3) is 0 Å². The second kappa shape index (κ2) is 10.8.